The Morgan fingerprint density at radius 2 is 1.73 bits per heavy atom. The minimum atomic E-state index is -0.374. The Bertz CT molecular complexity index is 671. The average Bonchev–Trinajstić information content (AvgIpc) is 2.54. The van der Waals surface area contributed by atoms with Crippen molar-refractivity contribution in [1.82, 2.24) is 10.9 Å². The molecule has 0 spiro atoms. The first-order chi connectivity index (χ1) is 10.6. The second-order valence-corrected chi connectivity index (χ2v) is 5.41. The molecule has 0 aliphatic rings. The number of carbonyl (C=O) groups excluding carboxylic acids is 2. The fourth-order valence-corrected chi connectivity index (χ4v) is 2.13. The number of nitrogens with one attached hydrogen (secondary N) is 2. The molecule has 0 aromatic heterocycles. The summed E-state index contributed by atoms with van der Waals surface area (Å²) in [5.41, 5.74) is 5.98. The van der Waals surface area contributed by atoms with Crippen LogP contribution >= 0.6 is 15.9 Å². The Morgan fingerprint density at radius 1 is 1.05 bits per heavy atom. The highest BCUT2D eigenvalue weighted by Crippen LogP contribution is 2.17. The summed E-state index contributed by atoms with van der Waals surface area (Å²) in [7, 11) is 1.55. The first-order valence-electron chi connectivity index (χ1n) is 6.57. The van der Waals surface area contributed by atoms with Gasteiger partial charge in [0.2, 0.25) is 5.91 Å². The number of ether oxygens (including phenoxy) is 1. The summed E-state index contributed by atoms with van der Waals surface area (Å²) in [5.74, 6) is -0.0623. The first-order valence-corrected chi connectivity index (χ1v) is 7.36. The van der Waals surface area contributed by atoms with E-state index < -0.39 is 0 Å². The summed E-state index contributed by atoms with van der Waals surface area (Å²) in [6.07, 6.45) is 0.116. The quantitative estimate of drug-likeness (QED) is 0.821. The van der Waals surface area contributed by atoms with E-state index in [1.807, 2.05) is 12.1 Å². The molecule has 6 heteroatoms. The maximum atomic E-state index is 11.9. The Balaban J connectivity index is 1.90. The van der Waals surface area contributed by atoms with E-state index in [0.29, 0.717) is 11.3 Å². The molecule has 0 bridgehead atoms. The van der Waals surface area contributed by atoms with Crippen molar-refractivity contribution in [2.75, 3.05) is 7.11 Å². The Hall–Kier alpha value is -2.34. The van der Waals surface area contributed by atoms with E-state index in [9.17, 15) is 9.59 Å². The fraction of sp³-hybridized carbons (Fsp3) is 0.125. The number of methoxy groups -OCH3 is 1. The summed E-state index contributed by atoms with van der Waals surface area (Å²) in [5, 5.41) is 0. The normalized spacial score (nSPS) is 9.91. The lowest BCUT2D eigenvalue weighted by Gasteiger charge is -2.10. The Morgan fingerprint density at radius 3 is 2.41 bits per heavy atom. The number of amides is 2. The summed E-state index contributed by atoms with van der Waals surface area (Å²) >= 11 is 3.29. The molecule has 114 valence electrons. The van der Waals surface area contributed by atoms with Gasteiger partial charge in [-0.3, -0.25) is 20.4 Å². The van der Waals surface area contributed by atoms with Crippen LogP contribution < -0.4 is 15.6 Å². The van der Waals surface area contributed by atoms with Crippen molar-refractivity contribution >= 4 is 27.7 Å². The summed E-state index contributed by atoms with van der Waals surface area (Å²) in [6, 6.07) is 14.1. The van der Waals surface area contributed by atoms with Gasteiger partial charge in [-0.1, -0.05) is 34.1 Å². The predicted molar refractivity (Wildman–Crippen MR) is 86.4 cm³/mol. The zero-order valence-electron chi connectivity index (χ0n) is 11.9. The first kappa shape index (κ1) is 16.0. The number of rotatable bonds is 4. The minimum absolute atomic E-state index is 0.116. The second kappa shape index (κ2) is 7.61. The van der Waals surface area contributed by atoms with Gasteiger partial charge in [0.05, 0.1) is 13.5 Å². The highest BCUT2D eigenvalue weighted by molar-refractivity contribution is 9.10. The van der Waals surface area contributed by atoms with Crippen LogP contribution in [-0.2, 0) is 11.2 Å². The van der Waals surface area contributed by atoms with Gasteiger partial charge in [-0.2, -0.15) is 0 Å². The smallest absolute Gasteiger partial charge is 0.269 e. The molecule has 2 aromatic rings. The summed E-state index contributed by atoms with van der Waals surface area (Å²) in [4.78, 5) is 23.8. The molecule has 2 rings (SSSR count). The molecule has 22 heavy (non-hydrogen) atoms. The van der Waals surface area contributed by atoms with Crippen LogP contribution in [0.4, 0.5) is 0 Å². The van der Waals surface area contributed by atoms with Gasteiger partial charge >= 0.3 is 0 Å². The Kier molecular flexibility index (Phi) is 5.55. The van der Waals surface area contributed by atoms with Gasteiger partial charge in [0.25, 0.3) is 5.91 Å². The number of benzene rings is 2. The standard InChI is InChI=1S/C16H15BrN2O3/c1-22-14-5-3-2-4-12(14)10-15(20)18-19-16(21)11-6-8-13(17)9-7-11/h2-9H,10H2,1H3,(H,18,20)(H,19,21). The highest BCUT2D eigenvalue weighted by Gasteiger charge is 2.10. The molecule has 2 aromatic carbocycles. The van der Waals surface area contributed by atoms with Crippen LogP contribution in [0.3, 0.4) is 0 Å². The number of hydrogen-bond acceptors (Lipinski definition) is 3. The van der Waals surface area contributed by atoms with Crippen molar-refractivity contribution < 1.29 is 14.3 Å². The lowest BCUT2D eigenvalue weighted by atomic mass is 10.1. The molecule has 0 fully saturated rings. The fourth-order valence-electron chi connectivity index (χ4n) is 1.87. The van der Waals surface area contributed by atoms with Crippen LogP contribution in [0.15, 0.2) is 53.0 Å². The summed E-state index contributed by atoms with van der Waals surface area (Å²) in [6.45, 7) is 0. The molecule has 2 N–H and O–H groups in total. The van der Waals surface area contributed by atoms with Crippen molar-refractivity contribution in [2.24, 2.45) is 0 Å². The second-order valence-electron chi connectivity index (χ2n) is 4.50. The van der Waals surface area contributed by atoms with Crippen molar-refractivity contribution in [3.63, 3.8) is 0 Å². The third kappa shape index (κ3) is 4.33. The number of hydrazine groups is 1. The largest absolute Gasteiger partial charge is 0.496 e. The molecule has 0 unspecified atom stereocenters. The van der Waals surface area contributed by atoms with Gasteiger partial charge in [-0.15, -0.1) is 0 Å². The third-order valence-corrected chi connectivity index (χ3v) is 3.49. The number of carbonyl (C=O) groups is 2. The van der Waals surface area contributed by atoms with Crippen LogP contribution in [0.2, 0.25) is 0 Å². The topological polar surface area (TPSA) is 67.4 Å². The van der Waals surface area contributed by atoms with Crippen molar-refractivity contribution in [3.8, 4) is 5.75 Å². The van der Waals surface area contributed by atoms with Crippen LogP contribution in [0.1, 0.15) is 15.9 Å². The van der Waals surface area contributed by atoms with E-state index in [2.05, 4.69) is 26.8 Å². The van der Waals surface area contributed by atoms with Crippen LogP contribution in [0.5, 0.6) is 5.75 Å². The molecule has 0 aliphatic heterocycles. The SMILES string of the molecule is COc1ccccc1CC(=O)NNC(=O)c1ccc(Br)cc1. The Labute approximate surface area is 136 Å². The van der Waals surface area contributed by atoms with Gasteiger partial charge < -0.3 is 4.74 Å². The maximum Gasteiger partial charge on any atom is 0.269 e. The number of hydrogen-bond donors (Lipinski definition) is 2. The molecule has 2 amide bonds. The molecule has 0 aliphatic carbocycles. The van der Waals surface area contributed by atoms with Gasteiger partial charge in [0, 0.05) is 15.6 Å². The third-order valence-electron chi connectivity index (χ3n) is 2.97. The van der Waals surface area contributed by atoms with Gasteiger partial charge in [0.1, 0.15) is 5.75 Å². The van der Waals surface area contributed by atoms with E-state index in [1.165, 1.54) is 0 Å². The van der Waals surface area contributed by atoms with E-state index in [0.717, 1.165) is 10.0 Å². The summed E-state index contributed by atoms with van der Waals surface area (Å²) < 4.78 is 6.06. The molecular weight excluding hydrogens is 348 g/mol. The molecule has 0 radical (unpaired) electrons. The van der Waals surface area contributed by atoms with Gasteiger partial charge in [-0.25, -0.2) is 0 Å². The van der Waals surface area contributed by atoms with Crippen LogP contribution in [0, 0.1) is 0 Å². The zero-order valence-corrected chi connectivity index (χ0v) is 13.5. The molecule has 0 saturated heterocycles. The van der Waals surface area contributed by atoms with Gasteiger partial charge in [-0.05, 0) is 30.3 Å². The molecule has 5 nitrogen and oxygen atoms in total. The lowest BCUT2D eigenvalue weighted by Crippen LogP contribution is -2.42. The van der Waals surface area contributed by atoms with Crippen LogP contribution in [0.25, 0.3) is 0 Å². The van der Waals surface area contributed by atoms with E-state index in [4.69, 9.17) is 4.74 Å². The van der Waals surface area contributed by atoms with Crippen molar-refractivity contribution in [3.05, 3.63) is 64.1 Å². The van der Waals surface area contributed by atoms with Gasteiger partial charge in [0.15, 0.2) is 0 Å². The number of para-hydroxylation sites is 1. The van der Waals surface area contributed by atoms with Crippen molar-refractivity contribution in [2.45, 2.75) is 6.42 Å². The molecular formula is C16H15BrN2O3. The van der Waals surface area contributed by atoms with Crippen molar-refractivity contribution in [1.29, 1.82) is 0 Å². The zero-order chi connectivity index (χ0) is 15.9. The molecule has 0 saturated carbocycles. The lowest BCUT2D eigenvalue weighted by molar-refractivity contribution is -0.121. The van der Waals surface area contributed by atoms with Crippen LogP contribution in [-0.4, -0.2) is 18.9 Å². The molecule has 0 atom stereocenters. The highest BCUT2D eigenvalue weighted by atomic mass is 79.9. The van der Waals surface area contributed by atoms with E-state index in [-0.39, 0.29) is 18.2 Å². The number of halogens is 1. The average molecular weight is 363 g/mol. The molecule has 0 heterocycles. The minimum Gasteiger partial charge on any atom is -0.496 e. The monoisotopic (exact) mass is 362 g/mol. The van der Waals surface area contributed by atoms with E-state index in [1.54, 1.807) is 43.5 Å². The maximum absolute atomic E-state index is 11.9. The van der Waals surface area contributed by atoms with E-state index >= 15 is 0 Å². The predicted octanol–water partition coefficient (Wildman–Crippen LogP) is 2.46.